The first-order valence-electron chi connectivity index (χ1n) is 6.42. The van der Waals surface area contributed by atoms with Gasteiger partial charge in [-0.1, -0.05) is 12.1 Å². The number of carboxylic acids is 1. The SMILES string of the molecule is O=C(O)[C@H]1CCCN1CCOc1ccccc1[N+](=O)[O-]. The maximum atomic E-state index is 11.0. The fraction of sp³-hybridized carbons (Fsp3) is 0.462. The number of nitrogens with zero attached hydrogens (tertiary/aromatic N) is 2. The molecule has 0 amide bonds. The number of nitro benzene ring substituents is 1. The highest BCUT2D eigenvalue weighted by molar-refractivity contribution is 5.73. The summed E-state index contributed by atoms with van der Waals surface area (Å²) in [6.07, 6.45) is 1.49. The lowest BCUT2D eigenvalue weighted by atomic mass is 10.2. The maximum Gasteiger partial charge on any atom is 0.320 e. The van der Waals surface area contributed by atoms with Crippen LogP contribution in [0.5, 0.6) is 5.75 Å². The summed E-state index contributed by atoms with van der Waals surface area (Å²) >= 11 is 0. The zero-order valence-corrected chi connectivity index (χ0v) is 10.9. The highest BCUT2D eigenvalue weighted by Crippen LogP contribution is 2.26. The molecule has 20 heavy (non-hydrogen) atoms. The summed E-state index contributed by atoms with van der Waals surface area (Å²) in [6.45, 7) is 1.40. The minimum atomic E-state index is -0.826. The number of likely N-dealkylation sites (tertiary alicyclic amines) is 1. The van der Waals surface area contributed by atoms with E-state index in [9.17, 15) is 14.9 Å². The Bertz CT molecular complexity index is 505. The Hall–Kier alpha value is -2.15. The summed E-state index contributed by atoms with van der Waals surface area (Å²) in [5.41, 5.74) is -0.0799. The molecule has 0 aliphatic carbocycles. The number of hydrogen-bond acceptors (Lipinski definition) is 5. The van der Waals surface area contributed by atoms with Gasteiger partial charge in [0.1, 0.15) is 12.6 Å². The number of nitro groups is 1. The van der Waals surface area contributed by atoms with Crippen molar-refractivity contribution < 1.29 is 19.6 Å². The molecule has 108 valence electrons. The van der Waals surface area contributed by atoms with Crippen molar-refractivity contribution in [1.29, 1.82) is 0 Å². The van der Waals surface area contributed by atoms with Gasteiger partial charge in [-0.15, -0.1) is 0 Å². The lowest BCUT2D eigenvalue weighted by Crippen LogP contribution is -2.38. The third-order valence-electron chi connectivity index (χ3n) is 3.35. The van der Waals surface area contributed by atoms with Crippen LogP contribution in [0.2, 0.25) is 0 Å². The van der Waals surface area contributed by atoms with Gasteiger partial charge < -0.3 is 9.84 Å². The molecule has 0 spiro atoms. The lowest BCUT2D eigenvalue weighted by Gasteiger charge is -2.20. The number of rotatable bonds is 6. The number of carboxylic acid groups (broad SMARTS) is 1. The molecule has 1 saturated heterocycles. The van der Waals surface area contributed by atoms with Gasteiger partial charge in [0.05, 0.1) is 4.92 Å². The Kier molecular flexibility index (Phi) is 4.52. The van der Waals surface area contributed by atoms with Crippen LogP contribution in [-0.4, -0.2) is 46.6 Å². The van der Waals surface area contributed by atoms with Crippen molar-refractivity contribution in [3.63, 3.8) is 0 Å². The van der Waals surface area contributed by atoms with E-state index in [4.69, 9.17) is 9.84 Å². The van der Waals surface area contributed by atoms with E-state index in [1.807, 2.05) is 4.90 Å². The van der Waals surface area contributed by atoms with Crippen molar-refractivity contribution in [1.82, 2.24) is 4.90 Å². The van der Waals surface area contributed by atoms with E-state index < -0.39 is 16.9 Å². The van der Waals surface area contributed by atoms with Crippen molar-refractivity contribution in [2.75, 3.05) is 19.7 Å². The van der Waals surface area contributed by atoms with Crippen LogP contribution in [0, 0.1) is 10.1 Å². The quantitative estimate of drug-likeness (QED) is 0.627. The number of ether oxygens (including phenoxy) is 1. The number of hydrogen-bond donors (Lipinski definition) is 1. The molecular formula is C13H16N2O5. The standard InChI is InChI=1S/C13H16N2O5/c16-13(17)11-5-3-7-14(11)8-9-20-12-6-2-1-4-10(12)15(18)19/h1-2,4,6,11H,3,5,7-9H2,(H,16,17)/t11-/m1/s1. The molecule has 1 aromatic rings. The highest BCUT2D eigenvalue weighted by Gasteiger charge is 2.30. The minimum Gasteiger partial charge on any atom is -0.485 e. The van der Waals surface area contributed by atoms with Crippen LogP contribution < -0.4 is 4.74 Å². The van der Waals surface area contributed by atoms with Gasteiger partial charge in [0.25, 0.3) is 0 Å². The first kappa shape index (κ1) is 14.3. The van der Waals surface area contributed by atoms with Crippen LogP contribution in [-0.2, 0) is 4.79 Å². The van der Waals surface area contributed by atoms with E-state index >= 15 is 0 Å². The normalized spacial score (nSPS) is 18.9. The molecule has 1 N–H and O–H groups in total. The topological polar surface area (TPSA) is 92.9 Å². The zero-order chi connectivity index (χ0) is 14.5. The first-order chi connectivity index (χ1) is 9.59. The fourth-order valence-electron chi connectivity index (χ4n) is 2.38. The van der Waals surface area contributed by atoms with Crippen LogP contribution in [0.3, 0.4) is 0 Å². The van der Waals surface area contributed by atoms with E-state index in [-0.39, 0.29) is 18.0 Å². The number of benzene rings is 1. The van der Waals surface area contributed by atoms with Gasteiger partial charge in [-0.3, -0.25) is 19.8 Å². The second-order valence-corrected chi connectivity index (χ2v) is 4.61. The molecule has 0 unspecified atom stereocenters. The summed E-state index contributed by atoms with van der Waals surface area (Å²) in [7, 11) is 0. The highest BCUT2D eigenvalue weighted by atomic mass is 16.6. The van der Waals surface area contributed by atoms with Crippen LogP contribution in [0.4, 0.5) is 5.69 Å². The van der Waals surface area contributed by atoms with E-state index in [2.05, 4.69) is 0 Å². The fourth-order valence-corrected chi connectivity index (χ4v) is 2.38. The van der Waals surface area contributed by atoms with Crippen LogP contribution in [0.1, 0.15) is 12.8 Å². The molecular weight excluding hydrogens is 264 g/mol. The second-order valence-electron chi connectivity index (χ2n) is 4.61. The van der Waals surface area contributed by atoms with Crippen molar-refractivity contribution in [3.8, 4) is 5.75 Å². The van der Waals surface area contributed by atoms with Crippen LogP contribution in [0.15, 0.2) is 24.3 Å². The summed E-state index contributed by atoms with van der Waals surface area (Å²) in [5, 5.41) is 19.9. The van der Waals surface area contributed by atoms with Gasteiger partial charge in [0, 0.05) is 12.6 Å². The molecule has 0 aromatic heterocycles. The Morgan fingerprint density at radius 2 is 2.25 bits per heavy atom. The van der Waals surface area contributed by atoms with Crippen molar-refractivity contribution in [2.45, 2.75) is 18.9 Å². The number of aliphatic carboxylic acids is 1. The Labute approximate surface area is 115 Å². The molecule has 7 nitrogen and oxygen atoms in total. The zero-order valence-electron chi connectivity index (χ0n) is 10.9. The Morgan fingerprint density at radius 3 is 2.95 bits per heavy atom. The minimum absolute atomic E-state index is 0.0799. The Morgan fingerprint density at radius 1 is 1.50 bits per heavy atom. The molecule has 0 bridgehead atoms. The second kappa shape index (κ2) is 6.33. The van der Waals surface area contributed by atoms with E-state index in [0.717, 1.165) is 13.0 Å². The van der Waals surface area contributed by atoms with Crippen molar-refractivity contribution in [3.05, 3.63) is 34.4 Å². The van der Waals surface area contributed by atoms with Gasteiger partial charge in [0.15, 0.2) is 5.75 Å². The van der Waals surface area contributed by atoms with Gasteiger partial charge in [0.2, 0.25) is 0 Å². The monoisotopic (exact) mass is 280 g/mol. The van der Waals surface area contributed by atoms with Gasteiger partial charge in [-0.25, -0.2) is 0 Å². The maximum absolute atomic E-state index is 11.0. The molecule has 2 rings (SSSR count). The third kappa shape index (κ3) is 3.24. The average Bonchev–Trinajstić information content (AvgIpc) is 2.87. The van der Waals surface area contributed by atoms with E-state index in [1.165, 1.54) is 12.1 Å². The van der Waals surface area contributed by atoms with Gasteiger partial charge >= 0.3 is 11.7 Å². The lowest BCUT2D eigenvalue weighted by molar-refractivity contribution is -0.385. The molecule has 1 aliphatic rings. The summed E-state index contributed by atoms with van der Waals surface area (Å²) in [5.74, 6) is -0.614. The van der Waals surface area contributed by atoms with Crippen LogP contribution >= 0.6 is 0 Å². The molecule has 1 heterocycles. The van der Waals surface area contributed by atoms with E-state index in [1.54, 1.807) is 12.1 Å². The van der Waals surface area contributed by atoms with Gasteiger partial charge in [-0.2, -0.15) is 0 Å². The number of carbonyl (C=O) groups is 1. The molecule has 7 heteroatoms. The van der Waals surface area contributed by atoms with E-state index in [0.29, 0.717) is 13.0 Å². The predicted octanol–water partition coefficient (Wildman–Crippen LogP) is 1.52. The van der Waals surface area contributed by atoms with Crippen molar-refractivity contribution >= 4 is 11.7 Å². The summed E-state index contributed by atoms with van der Waals surface area (Å²) in [6, 6.07) is 5.69. The molecule has 1 aromatic carbocycles. The smallest absolute Gasteiger partial charge is 0.320 e. The average molecular weight is 280 g/mol. The van der Waals surface area contributed by atoms with Crippen molar-refractivity contribution in [2.24, 2.45) is 0 Å². The largest absolute Gasteiger partial charge is 0.485 e. The predicted molar refractivity (Wildman–Crippen MR) is 70.8 cm³/mol. The molecule has 1 atom stereocenters. The molecule has 1 aliphatic heterocycles. The molecule has 1 fully saturated rings. The first-order valence-corrected chi connectivity index (χ1v) is 6.42. The Balaban J connectivity index is 1.90. The van der Waals surface area contributed by atoms with Crippen LogP contribution in [0.25, 0.3) is 0 Å². The summed E-state index contributed by atoms with van der Waals surface area (Å²) < 4.78 is 5.41. The van der Waals surface area contributed by atoms with Gasteiger partial charge in [-0.05, 0) is 25.5 Å². The number of para-hydroxylation sites is 2. The molecule has 0 radical (unpaired) electrons. The molecule has 0 saturated carbocycles. The summed E-state index contributed by atoms with van der Waals surface area (Å²) in [4.78, 5) is 23.2. The third-order valence-corrected chi connectivity index (χ3v) is 3.35.